The van der Waals surface area contributed by atoms with E-state index in [0.717, 1.165) is 0 Å². The normalized spacial score (nSPS) is 22.1. The molecule has 0 aromatic heterocycles. The first-order valence-corrected chi connectivity index (χ1v) is 14.2. The molecule has 4 atom stereocenters. The summed E-state index contributed by atoms with van der Waals surface area (Å²) in [5.74, 6) is -0.868. The topological polar surface area (TPSA) is 67.9 Å². The van der Waals surface area contributed by atoms with Crippen LogP contribution in [0, 0.1) is 11.8 Å². The van der Waals surface area contributed by atoms with E-state index in [1.165, 1.54) is 11.8 Å². The average molecular weight is 449 g/mol. The number of carbonyl (C=O) groups is 2. The standard InChI is InChI=1S/C19H36N2O4S2Si/c1-12(17(23)21(10-11-24-6)18(26)27-7)15-14(16(22)20-15)13(2)25-28(8,9)19(3,4)5/h12-15H,10-11H2,1-9H3,(H,20,22)/t12-,13-,14-,15-/m1/s1. The second kappa shape index (κ2) is 10.0. The maximum Gasteiger partial charge on any atom is 0.233 e. The Morgan fingerprint density at radius 2 is 1.93 bits per heavy atom. The van der Waals surface area contributed by atoms with E-state index in [9.17, 15) is 9.59 Å². The molecule has 1 N–H and O–H groups in total. The Morgan fingerprint density at radius 3 is 2.36 bits per heavy atom. The van der Waals surface area contributed by atoms with Gasteiger partial charge in [0.25, 0.3) is 0 Å². The summed E-state index contributed by atoms with van der Waals surface area (Å²) >= 11 is 6.71. The number of ether oxygens (including phenoxy) is 1. The van der Waals surface area contributed by atoms with Crippen LogP contribution >= 0.6 is 24.0 Å². The van der Waals surface area contributed by atoms with Gasteiger partial charge in [-0.05, 0) is 31.3 Å². The van der Waals surface area contributed by atoms with Crippen LogP contribution in [0.2, 0.25) is 18.1 Å². The molecule has 0 aromatic rings. The summed E-state index contributed by atoms with van der Waals surface area (Å²) in [7, 11) is -0.420. The molecule has 1 aliphatic rings. The number of β-lactam (4-membered cyclic amide) rings is 1. The highest BCUT2D eigenvalue weighted by Gasteiger charge is 2.51. The zero-order valence-corrected chi connectivity index (χ0v) is 21.3. The van der Waals surface area contributed by atoms with E-state index in [2.05, 4.69) is 39.2 Å². The Bertz CT molecular complexity index is 595. The van der Waals surface area contributed by atoms with E-state index in [0.29, 0.717) is 17.5 Å². The molecule has 1 rings (SSSR count). The quantitative estimate of drug-likeness (QED) is 0.349. The van der Waals surface area contributed by atoms with E-state index < -0.39 is 14.2 Å². The van der Waals surface area contributed by atoms with Gasteiger partial charge >= 0.3 is 0 Å². The summed E-state index contributed by atoms with van der Waals surface area (Å²) in [6, 6.07) is -0.255. The second-order valence-corrected chi connectivity index (χ2v) is 15.1. The van der Waals surface area contributed by atoms with Gasteiger partial charge in [0, 0.05) is 7.11 Å². The van der Waals surface area contributed by atoms with Crippen molar-refractivity contribution in [1.82, 2.24) is 10.2 Å². The SMILES string of the molecule is COCCN(C(=O)[C@H](C)[C@H]1NC(=O)[C@@H]1[C@@H](C)O[Si](C)(C)C(C)(C)C)C(=S)SC. The fourth-order valence-electron chi connectivity index (χ4n) is 3.06. The summed E-state index contributed by atoms with van der Waals surface area (Å²) < 4.78 is 12.1. The molecule has 162 valence electrons. The molecule has 0 radical (unpaired) electrons. The van der Waals surface area contributed by atoms with Crippen LogP contribution in [-0.2, 0) is 18.8 Å². The van der Waals surface area contributed by atoms with Gasteiger partial charge in [-0.1, -0.05) is 51.7 Å². The van der Waals surface area contributed by atoms with Gasteiger partial charge in [0.05, 0.1) is 37.1 Å². The molecule has 1 heterocycles. The van der Waals surface area contributed by atoms with Gasteiger partial charge in [0.1, 0.15) is 4.32 Å². The molecule has 9 heteroatoms. The molecular formula is C19H36N2O4S2Si. The fraction of sp³-hybridized carbons (Fsp3) is 0.842. The Morgan fingerprint density at radius 1 is 1.36 bits per heavy atom. The van der Waals surface area contributed by atoms with Gasteiger partial charge in [-0.15, -0.1) is 0 Å². The van der Waals surface area contributed by atoms with Crippen molar-refractivity contribution in [2.24, 2.45) is 11.8 Å². The van der Waals surface area contributed by atoms with E-state index in [-0.39, 0.29) is 34.9 Å². The molecule has 0 unspecified atom stereocenters. The van der Waals surface area contributed by atoms with Gasteiger partial charge in [-0.25, -0.2) is 0 Å². The number of hydrogen-bond donors (Lipinski definition) is 1. The number of nitrogens with one attached hydrogen (secondary N) is 1. The second-order valence-electron chi connectivity index (χ2n) is 8.88. The van der Waals surface area contributed by atoms with Crippen molar-refractivity contribution in [2.75, 3.05) is 26.5 Å². The Labute approximate surface area is 180 Å². The number of thioether (sulfide) groups is 1. The van der Waals surface area contributed by atoms with Crippen LogP contribution < -0.4 is 5.32 Å². The van der Waals surface area contributed by atoms with Crippen molar-refractivity contribution < 1.29 is 18.8 Å². The summed E-state index contributed by atoms with van der Waals surface area (Å²) in [6.07, 6.45) is 1.61. The molecule has 1 fully saturated rings. The van der Waals surface area contributed by atoms with E-state index in [1.807, 2.05) is 20.1 Å². The number of hydrogen-bond acceptors (Lipinski definition) is 6. The third-order valence-electron chi connectivity index (χ3n) is 5.90. The van der Waals surface area contributed by atoms with Gasteiger partial charge in [0.15, 0.2) is 8.32 Å². The zero-order chi connectivity index (χ0) is 21.9. The van der Waals surface area contributed by atoms with Crippen molar-refractivity contribution in [3.63, 3.8) is 0 Å². The van der Waals surface area contributed by atoms with Crippen LogP contribution in [0.1, 0.15) is 34.6 Å². The number of nitrogens with zero attached hydrogens (tertiary/aromatic N) is 1. The van der Waals surface area contributed by atoms with Crippen LogP contribution in [0.5, 0.6) is 0 Å². The van der Waals surface area contributed by atoms with Crippen LogP contribution in [0.4, 0.5) is 0 Å². The van der Waals surface area contributed by atoms with Crippen LogP contribution in [-0.4, -0.2) is 68.0 Å². The molecule has 0 bridgehead atoms. The van der Waals surface area contributed by atoms with Crippen LogP contribution in [0.25, 0.3) is 0 Å². The van der Waals surface area contributed by atoms with Crippen molar-refractivity contribution in [3.8, 4) is 0 Å². The van der Waals surface area contributed by atoms with Crippen LogP contribution in [0.15, 0.2) is 0 Å². The molecule has 1 aliphatic heterocycles. The third-order valence-corrected chi connectivity index (χ3v) is 11.8. The maximum absolute atomic E-state index is 13.1. The zero-order valence-electron chi connectivity index (χ0n) is 18.6. The van der Waals surface area contributed by atoms with Gasteiger partial charge in [-0.2, -0.15) is 0 Å². The average Bonchev–Trinajstić information content (AvgIpc) is 2.56. The van der Waals surface area contributed by atoms with E-state index >= 15 is 0 Å². The van der Waals surface area contributed by atoms with Gasteiger partial charge in [-0.3, -0.25) is 14.5 Å². The molecule has 28 heavy (non-hydrogen) atoms. The van der Waals surface area contributed by atoms with Crippen molar-refractivity contribution >= 4 is 48.4 Å². The Kier molecular flexibility index (Phi) is 9.14. The molecule has 0 aromatic carbocycles. The van der Waals surface area contributed by atoms with Crippen molar-refractivity contribution in [1.29, 1.82) is 0 Å². The monoisotopic (exact) mass is 448 g/mol. The Hall–Kier alpha value is -0.483. The number of methoxy groups -OCH3 is 1. The highest BCUT2D eigenvalue weighted by molar-refractivity contribution is 8.22. The predicted molar refractivity (Wildman–Crippen MR) is 122 cm³/mol. The maximum atomic E-state index is 13.1. The lowest BCUT2D eigenvalue weighted by Crippen LogP contribution is -2.67. The third kappa shape index (κ3) is 5.78. The summed E-state index contributed by atoms with van der Waals surface area (Å²) in [6.45, 7) is 15.5. The first-order chi connectivity index (χ1) is 12.8. The lowest BCUT2D eigenvalue weighted by molar-refractivity contribution is -0.146. The number of amides is 2. The van der Waals surface area contributed by atoms with Crippen molar-refractivity contribution in [2.45, 2.75) is 64.9 Å². The van der Waals surface area contributed by atoms with E-state index in [4.69, 9.17) is 21.4 Å². The first-order valence-electron chi connectivity index (χ1n) is 9.65. The largest absolute Gasteiger partial charge is 0.413 e. The highest BCUT2D eigenvalue weighted by atomic mass is 32.2. The molecule has 0 spiro atoms. The molecule has 1 saturated heterocycles. The first kappa shape index (κ1) is 25.6. The summed E-state index contributed by atoms with van der Waals surface area (Å²) in [4.78, 5) is 27.0. The minimum absolute atomic E-state index is 0.0493. The molecule has 6 nitrogen and oxygen atoms in total. The van der Waals surface area contributed by atoms with Crippen molar-refractivity contribution in [3.05, 3.63) is 0 Å². The minimum Gasteiger partial charge on any atom is -0.413 e. The molecule has 2 amide bonds. The lowest BCUT2D eigenvalue weighted by atomic mass is 9.78. The van der Waals surface area contributed by atoms with E-state index in [1.54, 1.807) is 12.0 Å². The number of thiocarbonyl (C=S) groups is 1. The summed E-state index contributed by atoms with van der Waals surface area (Å²) in [5.41, 5.74) is 0. The molecular weight excluding hydrogens is 412 g/mol. The highest BCUT2D eigenvalue weighted by Crippen LogP contribution is 2.39. The predicted octanol–water partition coefficient (Wildman–Crippen LogP) is 3.27. The van der Waals surface area contributed by atoms with Crippen LogP contribution in [0.3, 0.4) is 0 Å². The minimum atomic E-state index is -2.01. The molecule has 0 aliphatic carbocycles. The summed E-state index contributed by atoms with van der Waals surface area (Å²) in [5, 5.41) is 2.97. The fourth-order valence-corrected chi connectivity index (χ4v) is 5.07. The Balaban J connectivity index is 2.92. The number of carbonyl (C=O) groups excluding carboxylic acids is 2. The molecule has 0 saturated carbocycles. The van der Waals surface area contributed by atoms with Gasteiger partial charge < -0.3 is 14.5 Å². The van der Waals surface area contributed by atoms with Gasteiger partial charge in [0.2, 0.25) is 11.8 Å². The smallest absolute Gasteiger partial charge is 0.233 e. The number of rotatable bonds is 8. The lowest BCUT2D eigenvalue weighted by Gasteiger charge is -2.47.